The summed E-state index contributed by atoms with van der Waals surface area (Å²) < 4.78 is 0. The summed E-state index contributed by atoms with van der Waals surface area (Å²) in [6.45, 7) is 6.75. The lowest BCUT2D eigenvalue weighted by atomic mass is 9.47. The molecule has 4 rings (SSSR count). The van der Waals surface area contributed by atoms with Crippen LogP contribution < -0.4 is 0 Å². The zero-order valence-corrected chi connectivity index (χ0v) is 15.1. The maximum absolute atomic E-state index is 11.9. The second-order valence-corrected chi connectivity index (χ2v) is 8.96. The van der Waals surface area contributed by atoms with E-state index in [-0.39, 0.29) is 10.8 Å². The zero-order chi connectivity index (χ0) is 17.1. The molecule has 0 amide bonds. The second kappa shape index (κ2) is 5.31. The van der Waals surface area contributed by atoms with E-state index in [1.54, 1.807) is 0 Å². The van der Waals surface area contributed by atoms with Gasteiger partial charge in [0.1, 0.15) is 0 Å². The van der Waals surface area contributed by atoms with Gasteiger partial charge in [0.15, 0.2) is 5.78 Å². The van der Waals surface area contributed by atoms with Crippen LogP contribution in [0.5, 0.6) is 0 Å². The minimum Gasteiger partial charge on any atom is -0.411 e. The minimum absolute atomic E-state index is 0.166. The molecular weight excluding hydrogens is 298 g/mol. The van der Waals surface area contributed by atoms with Gasteiger partial charge in [-0.1, -0.05) is 30.7 Å². The Kier molecular flexibility index (Phi) is 3.56. The largest absolute Gasteiger partial charge is 0.411 e. The molecule has 0 saturated heterocycles. The van der Waals surface area contributed by atoms with Gasteiger partial charge in [-0.2, -0.15) is 0 Å². The Morgan fingerprint density at radius 1 is 1.17 bits per heavy atom. The SMILES string of the molecule is C/C(=N/O)C1=CC[C@H]2[C@@H]3CCC4=CC(=O)CC[C@]4(C)[C@H]3CC[C@]12C. The van der Waals surface area contributed by atoms with Crippen LogP contribution in [0.1, 0.15) is 65.7 Å². The third kappa shape index (κ3) is 2.02. The summed E-state index contributed by atoms with van der Waals surface area (Å²) in [6.07, 6.45) is 11.9. The molecule has 3 nitrogen and oxygen atoms in total. The summed E-state index contributed by atoms with van der Waals surface area (Å²) in [4.78, 5) is 11.9. The molecule has 0 bridgehead atoms. The first-order valence-electron chi connectivity index (χ1n) is 9.53. The topological polar surface area (TPSA) is 49.7 Å². The monoisotopic (exact) mass is 327 g/mol. The Balaban J connectivity index is 1.67. The van der Waals surface area contributed by atoms with Gasteiger partial charge in [-0.05, 0) is 85.7 Å². The van der Waals surface area contributed by atoms with E-state index in [0.717, 1.165) is 37.3 Å². The highest BCUT2D eigenvalue weighted by molar-refractivity contribution is 5.99. The van der Waals surface area contributed by atoms with Gasteiger partial charge in [0.25, 0.3) is 0 Å². The highest BCUT2D eigenvalue weighted by Gasteiger charge is 2.57. The molecule has 4 aliphatic rings. The highest BCUT2D eigenvalue weighted by atomic mass is 16.4. The number of nitrogens with zero attached hydrogens (tertiary/aromatic N) is 1. The quantitative estimate of drug-likeness (QED) is 0.423. The molecule has 0 aromatic rings. The number of hydrogen-bond donors (Lipinski definition) is 1. The predicted molar refractivity (Wildman–Crippen MR) is 95.1 cm³/mol. The van der Waals surface area contributed by atoms with Gasteiger partial charge in [0, 0.05) is 6.42 Å². The van der Waals surface area contributed by atoms with E-state index in [9.17, 15) is 10.0 Å². The normalized spacial score (nSPS) is 45.0. The fourth-order valence-electron chi connectivity index (χ4n) is 6.74. The van der Waals surface area contributed by atoms with Gasteiger partial charge in [-0.15, -0.1) is 0 Å². The number of carbonyl (C=O) groups is 1. The van der Waals surface area contributed by atoms with Gasteiger partial charge < -0.3 is 5.21 Å². The Bertz CT molecular complexity index is 673. The van der Waals surface area contributed by atoms with Crippen molar-refractivity contribution in [2.75, 3.05) is 0 Å². The lowest BCUT2D eigenvalue weighted by Crippen LogP contribution is -2.50. The van der Waals surface area contributed by atoms with Crippen molar-refractivity contribution < 1.29 is 10.0 Å². The molecule has 0 unspecified atom stereocenters. The molecule has 2 fully saturated rings. The van der Waals surface area contributed by atoms with Crippen LogP contribution in [0.15, 0.2) is 28.5 Å². The van der Waals surface area contributed by atoms with Crippen molar-refractivity contribution in [3.8, 4) is 0 Å². The Morgan fingerprint density at radius 3 is 2.71 bits per heavy atom. The Hall–Kier alpha value is -1.38. The van der Waals surface area contributed by atoms with Crippen LogP contribution in [0.3, 0.4) is 0 Å². The number of allylic oxidation sites excluding steroid dienone is 4. The number of oxime groups is 1. The molecule has 0 aromatic heterocycles. The van der Waals surface area contributed by atoms with Crippen LogP contribution in [-0.4, -0.2) is 16.7 Å². The fourth-order valence-corrected chi connectivity index (χ4v) is 6.74. The smallest absolute Gasteiger partial charge is 0.155 e. The second-order valence-electron chi connectivity index (χ2n) is 8.96. The molecule has 5 atom stereocenters. The van der Waals surface area contributed by atoms with E-state index in [4.69, 9.17) is 0 Å². The molecule has 0 radical (unpaired) electrons. The molecule has 0 spiro atoms. The van der Waals surface area contributed by atoms with Crippen LogP contribution in [-0.2, 0) is 4.79 Å². The van der Waals surface area contributed by atoms with Crippen LogP contribution in [0.4, 0.5) is 0 Å². The first-order chi connectivity index (χ1) is 11.4. The predicted octanol–water partition coefficient (Wildman–Crippen LogP) is 4.90. The molecule has 130 valence electrons. The molecule has 24 heavy (non-hydrogen) atoms. The number of rotatable bonds is 1. The van der Waals surface area contributed by atoms with Crippen molar-refractivity contribution >= 4 is 11.5 Å². The Morgan fingerprint density at radius 2 is 1.96 bits per heavy atom. The van der Waals surface area contributed by atoms with Crippen molar-refractivity contribution in [2.24, 2.45) is 33.7 Å². The van der Waals surface area contributed by atoms with Crippen LogP contribution in [0, 0.1) is 28.6 Å². The summed E-state index contributed by atoms with van der Waals surface area (Å²) >= 11 is 0. The average molecular weight is 327 g/mol. The van der Waals surface area contributed by atoms with Crippen molar-refractivity contribution in [1.29, 1.82) is 0 Å². The standard InChI is InChI=1S/C21H29NO2/c1-13(22-24)17-6-7-18-16-5-4-14-12-15(23)8-10-20(14,2)19(16)9-11-21(17,18)3/h6,12,16,18-19,24H,4-5,7-11H2,1-3H3/b22-13-/t16-,18-,19-,20-,21+/m0/s1. The van der Waals surface area contributed by atoms with Gasteiger partial charge in [0.05, 0.1) is 5.71 Å². The zero-order valence-electron chi connectivity index (χ0n) is 15.1. The van der Waals surface area contributed by atoms with Crippen LogP contribution >= 0.6 is 0 Å². The molecular formula is C21H29NO2. The molecule has 1 N–H and O–H groups in total. The average Bonchev–Trinajstić information content (AvgIpc) is 2.92. The minimum atomic E-state index is 0.166. The van der Waals surface area contributed by atoms with Crippen molar-refractivity contribution in [3.63, 3.8) is 0 Å². The van der Waals surface area contributed by atoms with Crippen molar-refractivity contribution in [2.45, 2.75) is 65.7 Å². The maximum Gasteiger partial charge on any atom is 0.155 e. The summed E-state index contributed by atoms with van der Waals surface area (Å²) in [7, 11) is 0. The van der Waals surface area contributed by atoms with E-state index in [2.05, 4.69) is 25.1 Å². The number of hydrogen-bond acceptors (Lipinski definition) is 3. The third-order valence-electron chi connectivity index (χ3n) is 8.08. The summed E-state index contributed by atoms with van der Waals surface area (Å²) in [5, 5.41) is 12.8. The molecule has 2 saturated carbocycles. The lowest BCUT2D eigenvalue weighted by molar-refractivity contribution is -0.117. The molecule has 0 aliphatic heterocycles. The van der Waals surface area contributed by atoms with E-state index < -0.39 is 0 Å². The van der Waals surface area contributed by atoms with Gasteiger partial charge in [-0.25, -0.2) is 0 Å². The van der Waals surface area contributed by atoms with Gasteiger partial charge >= 0.3 is 0 Å². The molecule has 3 heteroatoms. The van der Waals surface area contributed by atoms with E-state index in [1.165, 1.54) is 30.4 Å². The van der Waals surface area contributed by atoms with E-state index in [0.29, 0.717) is 17.6 Å². The number of ketones is 1. The van der Waals surface area contributed by atoms with Crippen molar-refractivity contribution in [1.82, 2.24) is 0 Å². The molecule has 0 aromatic carbocycles. The van der Waals surface area contributed by atoms with Crippen LogP contribution in [0.2, 0.25) is 0 Å². The molecule has 0 heterocycles. The van der Waals surface area contributed by atoms with E-state index >= 15 is 0 Å². The van der Waals surface area contributed by atoms with Gasteiger partial charge in [0.2, 0.25) is 0 Å². The maximum atomic E-state index is 11.9. The Labute approximate surface area is 144 Å². The summed E-state index contributed by atoms with van der Waals surface area (Å²) in [5.41, 5.74) is 3.91. The number of fused-ring (bicyclic) bond motifs is 5. The summed E-state index contributed by atoms with van der Waals surface area (Å²) in [6, 6.07) is 0. The first-order valence-corrected chi connectivity index (χ1v) is 9.53. The summed E-state index contributed by atoms with van der Waals surface area (Å²) in [5.74, 6) is 2.45. The van der Waals surface area contributed by atoms with Gasteiger partial charge in [-0.3, -0.25) is 4.79 Å². The van der Waals surface area contributed by atoms with Crippen molar-refractivity contribution in [3.05, 3.63) is 23.3 Å². The highest BCUT2D eigenvalue weighted by Crippen LogP contribution is 2.65. The lowest BCUT2D eigenvalue weighted by Gasteiger charge is -2.57. The third-order valence-corrected chi connectivity index (χ3v) is 8.08. The number of carbonyl (C=O) groups excluding carboxylic acids is 1. The fraction of sp³-hybridized carbons (Fsp3) is 0.714. The first kappa shape index (κ1) is 16.1. The molecule has 4 aliphatic carbocycles. The van der Waals surface area contributed by atoms with E-state index in [1.807, 2.05) is 13.0 Å². The van der Waals surface area contributed by atoms with Crippen LogP contribution in [0.25, 0.3) is 0 Å².